The number of nitrogens with zero attached hydrogens (tertiary/aromatic N) is 2. The summed E-state index contributed by atoms with van der Waals surface area (Å²) in [6.45, 7) is 0.751. The van der Waals surface area contributed by atoms with Gasteiger partial charge in [0.15, 0.2) is 0 Å². The molecule has 21 heavy (non-hydrogen) atoms. The van der Waals surface area contributed by atoms with Crippen molar-refractivity contribution in [2.75, 3.05) is 17.7 Å². The van der Waals surface area contributed by atoms with Crippen molar-refractivity contribution >= 4 is 33.7 Å². The fraction of sp³-hybridized carbons (Fsp3) is 0.118. The van der Waals surface area contributed by atoms with Crippen molar-refractivity contribution in [3.63, 3.8) is 0 Å². The normalized spacial score (nSPS) is 10.8. The number of fused-ring (bicyclic) bond motifs is 1. The lowest BCUT2D eigenvalue weighted by molar-refractivity contribution is 0.926. The van der Waals surface area contributed by atoms with Gasteiger partial charge in [0.1, 0.15) is 0 Å². The van der Waals surface area contributed by atoms with Crippen molar-refractivity contribution in [3.05, 3.63) is 65.4 Å². The van der Waals surface area contributed by atoms with E-state index in [4.69, 9.17) is 17.3 Å². The van der Waals surface area contributed by atoms with Gasteiger partial charge in [0.2, 0.25) is 0 Å². The number of hydrogen-bond acceptors (Lipinski definition) is 3. The molecule has 0 aliphatic carbocycles. The van der Waals surface area contributed by atoms with Crippen molar-refractivity contribution < 1.29 is 0 Å². The molecular weight excluding hydrogens is 282 g/mol. The highest BCUT2D eigenvalue weighted by molar-refractivity contribution is 6.30. The van der Waals surface area contributed by atoms with Gasteiger partial charge in [-0.15, -0.1) is 0 Å². The summed E-state index contributed by atoms with van der Waals surface area (Å²) in [5.41, 5.74) is 9.25. The molecule has 0 fully saturated rings. The zero-order valence-electron chi connectivity index (χ0n) is 11.8. The largest absolute Gasteiger partial charge is 0.397 e. The van der Waals surface area contributed by atoms with Crippen LogP contribution in [0.5, 0.6) is 0 Å². The van der Waals surface area contributed by atoms with Crippen LogP contribution in [0.2, 0.25) is 5.02 Å². The minimum atomic E-state index is 0.749. The summed E-state index contributed by atoms with van der Waals surface area (Å²) in [6, 6.07) is 13.9. The second-order valence-corrected chi connectivity index (χ2v) is 5.52. The Morgan fingerprint density at radius 3 is 2.86 bits per heavy atom. The molecule has 0 aliphatic heterocycles. The number of halogens is 1. The summed E-state index contributed by atoms with van der Waals surface area (Å²) in [4.78, 5) is 6.25. The molecule has 2 N–H and O–H groups in total. The lowest BCUT2D eigenvalue weighted by Gasteiger charge is -2.22. The topological polar surface area (TPSA) is 42.2 Å². The lowest BCUT2D eigenvalue weighted by atomic mass is 10.1. The molecule has 0 atom stereocenters. The molecule has 3 nitrogen and oxygen atoms in total. The van der Waals surface area contributed by atoms with E-state index < -0.39 is 0 Å². The van der Waals surface area contributed by atoms with Crippen LogP contribution in [0, 0.1) is 0 Å². The number of nitrogens with two attached hydrogens (primary N) is 1. The van der Waals surface area contributed by atoms with E-state index in [0.717, 1.165) is 39.3 Å². The van der Waals surface area contributed by atoms with Gasteiger partial charge in [-0.2, -0.15) is 0 Å². The first-order valence-electron chi connectivity index (χ1n) is 6.73. The molecule has 2 aromatic carbocycles. The first-order chi connectivity index (χ1) is 10.1. The highest BCUT2D eigenvalue weighted by Gasteiger charge is 2.09. The van der Waals surface area contributed by atoms with Gasteiger partial charge in [-0.1, -0.05) is 29.8 Å². The first-order valence-corrected chi connectivity index (χ1v) is 7.11. The Hall–Kier alpha value is -2.26. The number of rotatable bonds is 3. The third-order valence-corrected chi connectivity index (χ3v) is 3.79. The number of hydrogen-bond donors (Lipinski definition) is 1. The van der Waals surface area contributed by atoms with Crippen molar-refractivity contribution in [2.24, 2.45) is 0 Å². The maximum atomic E-state index is 6.31. The number of anilines is 2. The first kappa shape index (κ1) is 13.7. The van der Waals surface area contributed by atoms with Gasteiger partial charge < -0.3 is 10.6 Å². The Morgan fingerprint density at radius 2 is 2.05 bits per heavy atom. The third-order valence-electron chi connectivity index (χ3n) is 3.56. The van der Waals surface area contributed by atoms with E-state index >= 15 is 0 Å². The van der Waals surface area contributed by atoms with Crippen molar-refractivity contribution in [1.29, 1.82) is 0 Å². The minimum Gasteiger partial charge on any atom is -0.397 e. The minimum absolute atomic E-state index is 0.749. The van der Waals surface area contributed by atoms with E-state index in [0.29, 0.717) is 0 Å². The molecule has 106 valence electrons. The molecule has 0 saturated heterocycles. The van der Waals surface area contributed by atoms with Gasteiger partial charge in [-0.3, -0.25) is 4.98 Å². The van der Waals surface area contributed by atoms with E-state index in [-0.39, 0.29) is 0 Å². The Kier molecular flexibility index (Phi) is 3.67. The summed E-state index contributed by atoms with van der Waals surface area (Å²) in [6.07, 6.45) is 3.59. The average Bonchev–Trinajstić information content (AvgIpc) is 2.48. The second-order valence-electron chi connectivity index (χ2n) is 5.08. The van der Waals surface area contributed by atoms with Crippen LogP contribution in [0.25, 0.3) is 10.8 Å². The van der Waals surface area contributed by atoms with E-state index in [1.54, 1.807) is 6.20 Å². The maximum Gasteiger partial charge on any atom is 0.0632 e. The van der Waals surface area contributed by atoms with Crippen LogP contribution in [0.1, 0.15) is 5.56 Å². The highest BCUT2D eigenvalue weighted by Crippen LogP contribution is 2.31. The fourth-order valence-corrected chi connectivity index (χ4v) is 2.72. The van der Waals surface area contributed by atoms with Crippen LogP contribution in [-0.2, 0) is 6.54 Å². The second kappa shape index (κ2) is 5.62. The standard InChI is InChI=1S/C17H16ClN3/c1-21(11-12-3-2-4-14(18)9-12)16-6-5-13-10-20-8-7-15(13)17(16)19/h2-10H,11,19H2,1H3. The van der Waals surface area contributed by atoms with E-state index in [1.807, 2.05) is 49.6 Å². The van der Waals surface area contributed by atoms with Gasteiger partial charge in [-0.05, 0) is 29.8 Å². The van der Waals surface area contributed by atoms with Crippen LogP contribution >= 0.6 is 11.6 Å². The molecule has 1 aromatic heterocycles. The number of nitrogen functional groups attached to an aromatic ring is 1. The maximum absolute atomic E-state index is 6.31. The highest BCUT2D eigenvalue weighted by atomic mass is 35.5. The Balaban J connectivity index is 1.94. The summed E-state index contributed by atoms with van der Waals surface area (Å²) < 4.78 is 0. The SMILES string of the molecule is CN(Cc1cccc(Cl)c1)c1ccc2cnccc2c1N. The number of aromatic nitrogens is 1. The van der Waals surface area contributed by atoms with Crippen molar-refractivity contribution in [3.8, 4) is 0 Å². The molecule has 3 rings (SSSR count). The van der Waals surface area contributed by atoms with Crippen LogP contribution < -0.4 is 10.6 Å². The molecule has 0 aliphatic rings. The Morgan fingerprint density at radius 1 is 1.19 bits per heavy atom. The van der Waals surface area contributed by atoms with Crippen LogP contribution in [0.3, 0.4) is 0 Å². The van der Waals surface area contributed by atoms with E-state index in [2.05, 4.69) is 16.0 Å². The predicted molar refractivity (Wildman–Crippen MR) is 89.7 cm³/mol. The molecule has 0 saturated carbocycles. The fourth-order valence-electron chi connectivity index (χ4n) is 2.51. The van der Waals surface area contributed by atoms with Crippen LogP contribution in [0.15, 0.2) is 54.9 Å². The summed E-state index contributed by atoms with van der Waals surface area (Å²) in [5, 5.41) is 2.83. The molecular formula is C17H16ClN3. The van der Waals surface area contributed by atoms with Crippen molar-refractivity contribution in [2.45, 2.75) is 6.54 Å². The average molecular weight is 298 g/mol. The quantitative estimate of drug-likeness (QED) is 0.740. The smallest absolute Gasteiger partial charge is 0.0632 e. The van der Waals surface area contributed by atoms with Crippen LogP contribution in [-0.4, -0.2) is 12.0 Å². The third kappa shape index (κ3) is 2.78. The Bertz CT molecular complexity index is 786. The molecule has 4 heteroatoms. The molecule has 0 amide bonds. The van der Waals surface area contributed by atoms with Gasteiger partial charge in [0.25, 0.3) is 0 Å². The molecule has 3 aromatic rings. The van der Waals surface area contributed by atoms with Gasteiger partial charge in [0.05, 0.1) is 11.4 Å². The Labute approximate surface area is 129 Å². The predicted octanol–water partition coefficient (Wildman–Crippen LogP) is 4.11. The van der Waals surface area contributed by atoms with Crippen LogP contribution in [0.4, 0.5) is 11.4 Å². The van der Waals surface area contributed by atoms with Gasteiger partial charge >= 0.3 is 0 Å². The summed E-state index contributed by atoms with van der Waals surface area (Å²) >= 11 is 6.03. The monoisotopic (exact) mass is 297 g/mol. The number of pyridine rings is 1. The molecule has 1 heterocycles. The zero-order valence-corrected chi connectivity index (χ0v) is 12.5. The molecule has 0 spiro atoms. The zero-order chi connectivity index (χ0) is 14.8. The van der Waals surface area contributed by atoms with Crippen molar-refractivity contribution in [1.82, 2.24) is 4.98 Å². The molecule has 0 bridgehead atoms. The lowest BCUT2D eigenvalue weighted by Crippen LogP contribution is -2.17. The van der Waals surface area contributed by atoms with Gasteiger partial charge in [0, 0.05) is 41.8 Å². The van der Waals surface area contributed by atoms with Gasteiger partial charge in [-0.25, -0.2) is 0 Å². The summed E-state index contributed by atoms with van der Waals surface area (Å²) in [5.74, 6) is 0. The van der Waals surface area contributed by atoms with E-state index in [1.165, 1.54) is 0 Å². The molecule has 0 radical (unpaired) electrons. The van der Waals surface area contributed by atoms with E-state index in [9.17, 15) is 0 Å². The summed E-state index contributed by atoms with van der Waals surface area (Å²) in [7, 11) is 2.03. The molecule has 0 unspecified atom stereocenters. The number of benzene rings is 2.